The highest BCUT2D eigenvalue weighted by atomic mass is 19.4. The van der Waals surface area contributed by atoms with Gasteiger partial charge in [-0.3, -0.25) is 4.99 Å². The highest BCUT2D eigenvalue weighted by molar-refractivity contribution is 6.04. The molecule has 1 saturated heterocycles. The molecule has 7 heteroatoms. The number of hydrogen-bond acceptors (Lipinski definition) is 3. The summed E-state index contributed by atoms with van der Waals surface area (Å²) in [6.07, 6.45) is -4.84. The SMILES string of the molecule is Fc1ccc(C(=NCCC2OCCO2)C(F)(F)F)cc1. The summed E-state index contributed by atoms with van der Waals surface area (Å²) in [5.74, 6) is -0.594. The summed E-state index contributed by atoms with van der Waals surface area (Å²) in [7, 11) is 0. The lowest BCUT2D eigenvalue weighted by Gasteiger charge is -2.12. The van der Waals surface area contributed by atoms with Gasteiger partial charge in [0.1, 0.15) is 11.5 Å². The van der Waals surface area contributed by atoms with Crippen molar-refractivity contribution < 1.29 is 27.0 Å². The van der Waals surface area contributed by atoms with Crippen LogP contribution in [0.15, 0.2) is 29.3 Å². The van der Waals surface area contributed by atoms with Crippen molar-refractivity contribution in [2.24, 2.45) is 4.99 Å². The van der Waals surface area contributed by atoms with Crippen molar-refractivity contribution in [1.82, 2.24) is 0 Å². The molecule has 1 heterocycles. The maximum Gasteiger partial charge on any atom is 0.433 e. The van der Waals surface area contributed by atoms with E-state index in [1.807, 2.05) is 0 Å². The van der Waals surface area contributed by atoms with Gasteiger partial charge in [-0.25, -0.2) is 4.39 Å². The van der Waals surface area contributed by atoms with Gasteiger partial charge in [-0.15, -0.1) is 0 Å². The maximum atomic E-state index is 12.9. The molecule has 1 aromatic rings. The minimum Gasteiger partial charge on any atom is -0.350 e. The molecule has 0 radical (unpaired) electrons. The predicted molar refractivity (Wildman–Crippen MR) is 64.2 cm³/mol. The van der Waals surface area contributed by atoms with Crippen LogP contribution in [0.2, 0.25) is 0 Å². The molecule has 1 aromatic carbocycles. The van der Waals surface area contributed by atoms with E-state index in [1.54, 1.807) is 0 Å². The van der Waals surface area contributed by atoms with Crippen molar-refractivity contribution in [2.75, 3.05) is 19.8 Å². The van der Waals surface area contributed by atoms with Gasteiger partial charge in [-0.1, -0.05) is 0 Å². The van der Waals surface area contributed by atoms with Gasteiger partial charge in [0.2, 0.25) is 0 Å². The summed E-state index contributed by atoms with van der Waals surface area (Å²) in [5, 5.41) is 0. The van der Waals surface area contributed by atoms with E-state index >= 15 is 0 Å². The molecule has 0 aliphatic carbocycles. The standard InChI is InChI=1S/C13H13F4NO2/c14-10-3-1-9(2-4-10)12(13(15,16)17)18-6-5-11-19-7-8-20-11/h1-4,11H,5-8H2. The van der Waals surface area contributed by atoms with Crippen molar-refractivity contribution in [3.63, 3.8) is 0 Å². The van der Waals surface area contributed by atoms with E-state index in [2.05, 4.69) is 4.99 Å². The topological polar surface area (TPSA) is 30.8 Å². The quantitative estimate of drug-likeness (QED) is 0.631. The molecule has 1 aliphatic heterocycles. The molecule has 0 aromatic heterocycles. The minimum atomic E-state index is -4.59. The molecule has 20 heavy (non-hydrogen) atoms. The first-order valence-corrected chi connectivity index (χ1v) is 6.07. The van der Waals surface area contributed by atoms with Crippen molar-refractivity contribution in [3.05, 3.63) is 35.6 Å². The van der Waals surface area contributed by atoms with Crippen LogP contribution in [-0.4, -0.2) is 37.9 Å². The summed E-state index contributed by atoms with van der Waals surface area (Å²) in [6.45, 7) is 0.813. The molecule has 110 valence electrons. The predicted octanol–water partition coefficient (Wildman–Crippen LogP) is 2.94. The molecule has 1 fully saturated rings. The Morgan fingerprint density at radius 2 is 1.75 bits per heavy atom. The largest absolute Gasteiger partial charge is 0.433 e. The Bertz CT molecular complexity index is 464. The second-order valence-electron chi connectivity index (χ2n) is 4.19. The number of rotatable bonds is 4. The lowest BCUT2D eigenvalue weighted by Crippen LogP contribution is -2.25. The molecule has 0 spiro atoms. The number of ether oxygens (including phenoxy) is 2. The van der Waals surface area contributed by atoms with Crippen LogP contribution in [0.3, 0.4) is 0 Å². The first-order valence-electron chi connectivity index (χ1n) is 6.07. The van der Waals surface area contributed by atoms with Crippen molar-refractivity contribution in [1.29, 1.82) is 0 Å². The summed E-state index contributed by atoms with van der Waals surface area (Å²) >= 11 is 0. The first-order chi connectivity index (χ1) is 9.47. The zero-order chi connectivity index (χ0) is 14.6. The molecule has 0 atom stereocenters. The minimum absolute atomic E-state index is 0.0725. The van der Waals surface area contributed by atoms with Gasteiger partial charge < -0.3 is 9.47 Å². The fourth-order valence-corrected chi connectivity index (χ4v) is 1.81. The molecule has 2 rings (SSSR count). The summed E-state index contributed by atoms with van der Waals surface area (Å²) in [5.41, 5.74) is -1.18. The Balaban J connectivity index is 2.08. The number of aliphatic imine (C=N–C) groups is 1. The zero-order valence-corrected chi connectivity index (χ0v) is 10.5. The Kier molecular flexibility index (Phi) is 4.72. The monoisotopic (exact) mass is 291 g/mol. The highest BCUT2D eigenvalue weighted by Crippen LogP contribution is 2.23. The maximum absolute atomic E-state index is 12.9. The van der Waals surface area contributed by atoms with Crippen LogP contribution in [0.25, 0.3) is 0 Å². The zero-order valence-electron chi connectivity index (χ0n) is 10.5. The smallest absolute Gasteiger partial charge is 0.350 e. The molecule has 1 aliphatic rings. The van der Waals surface area contributed by atoms with Gasteiger partial charge in [-0.2, -0.15) is 13.2 Å². The normalized spacial score (nSPS) is 17.7. The third-order valence-electron chi connectivity index (χ3n) is 2.71. The van der Waals surface area contributed by atoms with Crippen molar-refractivity contribution >= 4 is 5.71 Å². The summed E-state index contributed by atoms with van der Waals surface area (Å²) in [4.78, 5) is 3.57. The van der Waals surface area contributed by atoms with Crippen LogP contribution >= 0.6 is 0 Å². The average Bonchev–Trinajstić information content (AvgIpc) is 2.88. The molecule has 0 N–H and O–H groups in total. The third-order valence-corrected chi connectivity index (χ3v) is 2.71. The van der Waals surface area contributed by atoms with Gasteiger partial charge in [-0.05, 0) is 24.3 Å². The average molecular weight is 291 g/mol. The Hall–Kier alpha value is -1.47. The van der Waals surface area contributed by atoms with E-state index in [0.717, 1.165) is 24.3 Å². The fraction of sp³-hybridized carbons (Fsp3) is 0.462. The van der Waals surface area contributed by atoms with Crippen LogP contribution in [0, 0.1) is 5.82 Å². The first kappa shape index (κ1) is 14.9. The van der Waals surface area contributed by atoms with E-state index in [0.29, 0.717) is 13.2 Å². The van der Waals surface area contributed by atoms with Gasteiger partial charge in [0.15, 0.2) is 6.29 Å². The highest BCUT2D eigenvalue weighted by Gasteiger charge is 2.36. The van der Waals surface area contributed by atoms with E-state index in [1.165, 1.54) is 0 Å². The van der Waals surface area contributed by atoms with Crippen LogP contribution in [0.4, 0.5) is 17.6 Å². The molecular formula is C13H13F4NO2. The fourth-order valence-electron chi connectivity index (χ4n) is 1.81. The van der Waals surface area contributed by atoms with Gasteiger partial charge in [0, 0.05) is 18.5 Å². The van der Waals surface area contributed by atoms with E-state index < -0.39 is 24.0 Å². The number of hydrogen-bond donors (Lipinski definition) is 0. The molecule has 0 bridgehead atoms. The van der Waals surface area contributed by atoms with Gasteiger partial charge >= 0.3 is 6.18 Å². The number of halogens is 4. The summed E-state index contributed by atoms with van der Waals surface area (Å²) < 4.78 is 61.7. The lowest BCUT2D eigenvalue weighted by atomic mass is 10.1. The third kappa shape index (κ3) is 4.01. The van der Waals surface area contributed by atoms with E-state index in [4.69, 9.17) is 9.47 Å². The van der Waals surface area contributed by atoms with Crippen LogP contribution < -0.4 is 0 Å². The molecule has 0 amide bonds. The van der Waals surface area contributed by atoms with Crippen LogP contribution in [0.5, 0.6) is 0 Å². The van der Waals surface area contributed by atoms with Crippen molar-refractivity contribution in [2.45, 2.75) is 18.9 Å². The number of alkyl halides is 3. The second-order valence-corrected chi connectivity index (χ2v) is 4.19. The lowest BCUT2D eigenvalue weighted by molar-refractivity contribution is -0.0592. The Labute approximate surface area is 113 Å². The van der Waals surface area contributed by atoms with Gasteiger partial charge in [0.25, 0.3) is 0 Å². The molecule has 3 nitrogen and oxygen atoms in total. The molecular weight excluding hydrogens is 278 g/mol. The summed E-state index contributed by atoms with van der Waals surface area (Å²) in [6, 6.07) is 4.06. The second kappa shape index (κ2) is 6.32. The molecule has 0 unspecified atom stereocenters. The Morgan fingerprint density at radius 1 is 1.15 bits per heavy atom. The Morgan fingerprint density at radius 3 is 2.30 bits per heavy atom. The van der Waals surface area contributed by atoms with Crippen LogP contribution in [0.1, 0.15) is 12.0 Å². The van der Waals surface area contributed by atoms with Gasteiger partial charge in [0.05, 0.1) is 13.2 Å². The van der Waals surface area contributed by atoms with E-state index in [9.17, 15) is 17.6 Å². The number of nitrogens with zero attached hydrogens (tertiary/aromatic N) is 1. The van der Waals surface area contributed by atoms with E-state index in [-0.39, 0.29) is 18.5 Å². The van der Waals surface area contributed by atoms with Crippen molar-refractivity contribution in [3.8, 4) is 0 Å². The number of benzene rings is 1. The molecule has 0 saturated carbocycles. The van der Waals surface area contributed by atoms with Crippen LogP contribution in [-0.2, 0) is 9.47 Å².